The number of hydrogen-bond acceptors (Lipinski definition) is 4. The molecule has 0 spiro atoms. The van der Waals surface area contributed by atoms with Crippen LogP contribution in [0, 0.1) is 11.8 Å². The highest BCUT2D eigenvalue weighted by Crippen LogP contribution is 2.54. The molecular formula is C52H40N2O2. The highest BCUT2D eigenvalue weighted by molar-refractivity contribution is 5.95. The summed E-state index contributed by atoms with van der Waals surface area (Å²) < 4.78 is 13.6. The largest absolute Gasteiger partial charge is 0.456 e. The lowest BCUT2D eigenvalue weighted by atomic mass is 9.73. The second kappa shape index (κ2) is 11.0. The van der Waals surface area contributed by atoms with Crippen LogP contribution in [0.1, 0.15) is 49.9 Å². The maximum Gasteiger partial charge on any atom is 0.137 e. The van der Waals surface area contributed by atoms with Crippen molar-refractivity contribution in [3.63, 3.8) is 0 Å². The first-order chi connectivity index (χ1) is 27.3. The number of fused-ring (bicyclic) bond motifs is 11. The lowest BCUT2D eigenvalue weighted by Crippen LogP contribution is -2.35. The lowest BCUT2D eigenvalue weighted by molar-refractivity contribution is 0.554. The molecule has 0 N–H and O–H groups in total. The van der Waals surface area contributed by atoms with Gasteiger partial charge in [0.1, 0.15) is 22.0 Å². The van der Waals surface area contributed by atoms with Crippen molar-refractivity contribution in [1.82, 2.24) is 0 Å². The van der Waals surface area contributed by atoms with E-state index in [-0.39, 0.29) is 22.7 Å². The average Bonchev–Trinajstić information content (AvgIpc) is 3.75. The van der Waals surface area contributed by atoms with Crippen LogP contribution in [-0.4, -0.2) is 0 Å². The van der Waals surface area contributed by atoms with Gasteiger partial charge < -0.3 is 18.6 Å². The highest BCUT2D eigenvalue weighted by atomic mass is 16.3. The summed E-state index contributed by atoms with van der Waals surface area (Å²) in [7, 11) is 0. The van der Waals surface area contributed by atoms with Gasteiger partial charge in [0.2, 0.25) is 0 Å². The van der Waals surface area contributed by atoms with Crippen LogP contribution in [0.15, 0.2) is 142 Å². The first-order valence-corrected chi connectivity index (χ1v) is 19.8. The van der Waals surface area contributed by atoms with Crippen LogP contribution in [-0.2, 0) is 10.8 Å². The molecule has 0 amide bonds. The van der Waals surface area contributed by atoms with Crippen LogP contribution in [0.25, 0.3) is 46.2 Å². The summed E-state index contributed by atoms with van der Waals surface area (Å²) in [5.74, 6) is 0.302. The molecule has 4 heteroatoms. The zero-order chi connectivity index (χ0) is 37.5. The molecule has 12 rings (SSSR count). The third-order valence-corrected chi connectivity index (χ3v) is 13.1. The molecule has 0 fully saturated rings. The van der Waals surface area contributed by atoms with Gasteiger partial charge >= 0.3 is 0 Å². The zero-order valence-electron chi connectivity index (χ0n) is 31.9. The Hall–Kier alpha value is -6.52. The second-order valence-corrected chi connectivity index (χ2v) is 16.9. The summed E-state index contributed by atoms with van der Waals surface area (Å²) in [6.07, 6.45) is 9.49. The van der Waals surface area contributed by atoms with Crippen molar-refractivity contribution in [2.45, 2.75) is 38.5 Å². The Morgan fingerprint density at radius 3 is 1.23 bits per heavy atom. The minimum atomic E-state index is -0.199. The van der Waals surface area contributed by atoms with Gasteiger partial charge in [-0.05, 0) is 82.9 Å². The van der Waals surface area contributed by atoms with E-state index in [0.29, 0.717) is 0 Å². The summed E-state index contributed by atoms with van der Waals surface area (Å²) >= 11 is 0. The third-order valence-electron chi connectivity index (χ3n) is 13.1. The highest BCUT2D eigenvalue weighted by Gasteiger charge is 2.39. The summed E-state index contributed by atoms with van der Waals surface area (Å²) in [6.45, 7) is 9.39. The van der Waals surface area contributed by atoms with E-state index in [0.717, 1.165) is 44.1 Å². The first-order valence-electron chi connectivity index (χ1n) is 19.8. The van der Waals surface area contributed by atoms with E-state index in [1.165, 1.54) is 55.4 Å². The number of anilines is 6. The molecule has 0 saturated heterocycles. The molecule has 4 nitrogen and oxygen atoms in total. The van der Waals surface area contributed by atoms with Gasteiger partial charge in [0.15, 0.2) is 0 Å². The standard InChI is InChI=1S/C52H40N2O2/c1-51(2)39-19-11-13-21-43(39)53(33-15-7-5-8-16-33)45-29-49-37(27-41(45)51)35-23-31-26-48-36(24-32(31)25-47(35)55-49)38-28-42-46(30-50(38)56-48)54(34-17-9-6-10-18-34)44-22-14-12-20-40(44)52(42,3)4/h5-32H,1-4H3. The Labute approximate surface area is 325 Å². The van der Waals surface area contributed by atoms with Crippen LogP contribution in [0.2, 0.25) is 0 Å². The van der Waals surface area contributed by atoms with Gasteiger partial charge in [-0.1, -0.05) is 113 Å². The molecule has 2 unspecified atom stereocenters. The van der Waals surface area contributed by atoms with Crippen LogP contribution in [0.3, 0.4) is 0 Å². The predicted molar refractivity (Wildman–Crippen MR) is 229 cm³/mol. The maximum absolute atomic E-state index is 6.82. The molecule has 56 heavy (non-hydrogen) atoms. The van der Waals surface area contributed by atoms with Gasteiger partial charge in [0.25, 0.3) is 0 Å². The van der Waals surface area contributed by atoms with Crippen molar-refractivity contribution in [2.75, 3.05) is 9.80 Å². The second-order valence-electron chi connectivity index (χ2n) is 16.9. The van der Waals surface area contributed by atoms with Crippen molar-refractivity contribution in [2.24, 2.45) is 11.8 Å². The van der Waals surface area contributed by atoms with Crippen LogP contribution < -0.4 is 31.1 Å². The van der Waals surface area contributed by atoms with Gasteiger partial charge in [0.05, 0.1) is 22.7 Å². The molecule has 2 aromatic heterocycles. The van der Waals surface area contributed by atoms with E-state index >= 15 is 0 Å². The first kappa shape index (κ1) is 31.8. The molecule has 0 radical (unpaired) electrons. The van der Waals surface area contributed by atoms with Crippen molar-refractivity contribution in [3.05, 3.63) is 177 Å². The molecule has 2 atom stereocenters. The monoisotopic (exact) mass is 724 g/mol. The summed E-state index contributed by atoms with van der Waals surface area (Å²) in [5.41, 5.74) is 15.6. The molecule has 2 aliphatic carbocycles. The van der Waals surface area contributed by atoms with Gasteiger partial charge in [-0.3, -0.25) is 0 Å². The maximum atomic E-state index is 6.82. The van der Waals surface area contributed by atoms with E-state index in [9.17, 15) is 0 Å². The van der Waals surface area contributed by atoms with E-state index in [4.69, 9.17) is 8.83 Å². The Morgan fingerprint density at radius 2 is 0.804 bits per heavy atom. The molecule has 270 valence electrons. The molecule has 6 aromatic carbocycles. The molecule has 0 saturated carbocycles. The van der Waals surface area contributed by atoms with Gasteiger partial charge in [0, 0.05) is 67.4 Å². The SMILES string of the molecule is CC1(C)c2ccccc2N(c2ccccc2)c2cc3oc4c(c3cc21)=CC1C=c2oc3cc5c(cc3c2=CC1C=4)C(C)(C)c1ccccc1N5c1ccccc1. The van der Waals surface area contributed by atoms with Crippen molar-refractivity contribution < 1.29 is 8.83 Å². The van der Waals surface area contributed by atoms with Gasteiger partial charge in [-0.25, -0.2) is 0 Å². The fourth-order valence-corrected chi connectivity index (χ4v) is 10.2. The number of para-hydroxylation sites is 4. The molecule has 8 aromatic rings. The Kier molecular flexibility index (Phi) is 6.27. The Bertz CT molecular complexity index is 3000. The van der Waals surface area contributed by atoms with E-state index in [2.05, 4.69) is 195 Å². The molecule has 4 aliphatic rings. The average molecular weight is 725 g/mol. The lowest BCUT2D eigenvalue weighted by Gasteiger charge is -2.42. The zero-order valence-corrected chi connectivity index (χ0v) is 31.9. The Morgan fingerprint density at radius 1 is 0.411 bits per heavy atom. The normalized spacial score (nSPS) is 19.1. The molecule has 0 bridgehead atoms. The van der Waals surface area contributed by atoms with E-state index in [1.807, 2.05) is 0 Å². The fraction of sp³-hybridized carbons (Fsp3) is 0.154. The van der Waals surface area contributed by atoms with Crippen LogP contribution in [0.5, 0.6) is 0 Å². The van der Waals surface area contributed by atoms with Crippen LogP contribution in [0.4, 0.5) is 34.1 Å². The molecule has 2 aliphatic heterocycles. The Balaban J connectivity index is 1.03. The summed E-state index contributed by atoms with van der Waals surface area (Å²) in [5, 5.41) is 4.66. The van der Waals surface area contributed by atoms with E-state index < -0.39 is 0 Å². The predicted octanol–water partition coefficient (Wildman–Crippen LogP) is 10.5. The van der Waals surface area contributed by atoms with Crippen molar-refractivity contribution in [3.8, 4) is 0 Å². The quantitative estimate of drug-likeness (QED) is 0.178. The van der Waals surface area contributed by atoms with Gasteiger partial charge in [-0.2, -0.15) is 0 Å². The smallest absolute Gasteiger partial charge is 0.137 e. The summed E-state index contributed by atoms with van der Waals surface area (Å²) in [6, 6.07) is 48.3. The minimum absolute atomic E-state index is 0.151. The fourth-order valence-electron chi connectivity index (χ4n) is 10.2. The number of rotatable bonds is 2. The molecular weight excluding hydrogens is 685 g/mol. The number of nitrogens with zero attached hydrogens (tertiary/aromatic N) is 2. The number of furan rings is 2. The molecule has 4 heterocycles. The van der Waals surface area contributed by atoms with Crippen LogP contribution >= 0.6 is 0 Å². The van der Waals surface area contributed by atoms with Crippen molar-refractivity contribution >= 4 is 80.4 Å². The third kappa shape index (κ3) is 4.24. The minimum Gasteiger partial charge on any atom is -0.456 e. The van der Waals surface area contributed by atoms with Crippen molar-refractivity contribution in [1.29, 1.82) is 0 Å². The van der Waals surface area contributed by atoms with Gasteiger partial charge in [-0.15, -0.1) is 0 Å². The number of benzene rings is 6. The number of hydrogen-bond donors (Lipinski definition) is 0. The summed E-state index contributed by atoms with van der Waals surface area (Å²) in [4.78, 5) is 4.79. The topological polar surface area (TPSA) is 32.8 Å². The van der Waals surface area contributed by atoms with E-state index in [1.54, 1.807) is 0 Å².